The normalized spacial score (nSPS) is 12.5. The summed E-state index contributed by atoms with van der Waals surface area (Å²) < 4.78 is 11.5. The van der Waals surface area contributed by atoms with Crippen LogP contribution in [0.1, 0.15) is 56.4 Å². The molecule has 2 aromatic rings. The van der Waals surface area contributed by atoms with Crippen LogP contribution in [0.3, 0.4) is 0 Å². The second kappa shape index (κ2) is 10.4. The fourth-order valence-electron chi connectivity index (χ4n) is 2.77. The summed E-state index contributed by atoms with van der Waals surface area (Å²) in [5, 5.41) is 13.3. The molecule has 0 radical (unpaired) electrons. The smallest absolute Gasteiger partial charge is 0.306 e. The Kier molecular flexibility index (Phi) is 8.23. The average Bonchev–Trinajstić information content (AvgIpc) is 2.67. The van der Waals surface area contributed by atoms with E-state index in [1.807, 2.05) is 49.4 Å². The van der Waals surface area contributed by atoms with Crippen molar-refractivity contribution in [3.63, 3.8) is 0 Å². The summed E-state index contributed by atoms with van der Waals surface area (Å²) >= 11 is 0. The number of aliphatic hydroxyl groups excluding tert-OH is 1. The first-order valence-corrected chi connectivity index (χ1v) is 10.0. The van der Waals surface area contributed by atoms with Crippen molar-refractivity contribution in [3.05, 3.63) is 59.2 Å². The van der Waals surface area contributed by atoms with Crippen LogP contribution in [-0.2, 0) is 16.1 Å². The van der Waals surface area contributed by atoms with E-state index in [4.69, 9.17) is 9.47 Å². The number of carbonyl (C=O) groups is 1. The molecule has 0 fully saturated rings. The second-order valence-corrected chi connectivity index (χ2v) is 8.58. The molecule has 5 heteroatoms. The molecule has 0 spiro atoms. The van der Waals surface area contributed by atoms with Crippen molar-refractivity contribution < 1.29 is 19.4 Å². The Hall–Kier alpha value is -2.37. The molecule has 2 N–H and O–H groups in total. The van der Waals surface area contributed by atoms with E-state index in [2.05, 4.69) is 26.1 Å². The maximum Gasteiger partial charge on any atom is 0.306 e. The molecule has 1 unspecified atom stereocenters. The van der Waals surface area contributed by atoms with Crippen molar-refractivity contribution in [2.75, 3.05) is 13.6 Å². The highest BCUT2D eigenvalue weighted by Crippen LogP contribution is 2.29. The Labute approximate surface area is 174 Å². The predicted octanol–water partition coefficient (Wildman–Crippen LogP) is 4.91. The molecular weight excluding hydrogens is 366 g/mol. The van der Waals surface area contributed by atoms with E-state index in [9.17, 15) is 9.90 Å². The number of rotatable bonds is 9. The van der Waals surface area contributed by atoms with Crippen LogP contribution in [0.25, 0.3) is 0 Å². The standard InChI is InChI=1S/C24H33NO4/c1-17-6-9-20(10-7-17)29-22-11-8-18(21(26)15-25-5)14-19(22)16-28-23(27)12-13-24(2,3)4/h6-11,14,21,25-26H,12-13,15-16H2,1-5H3. The van der Waals surface area contributed by atoms with Gasteiger partial charge in [-0.15, -0.1) is 0 Å². The lowest BCUT2D eigenvalue weighted by Crippen LogP contribution is -2.17. The Balaban J connectivity index is 2.16. The maximum atomic E-state index is 12.2. The van der Waals surface area contributed by atoms with Gasteiger partial charge in [0.1, 0.15) is 18.1 Å². The monoisotopic (exact) mass is 399 g/mol. The lowest BCUT2D eigenvalue weighted by molar-refractivity contribution is -0.145. The minimum Gasteiger partial charge on any atom is -0.461 e. The van der Waals surface area contributed by atoms with Crippen LogP contribution >= 0.6 is 0 Å². The minimum absolute atomic E-state index is 0.0793. The van der Waals surface area contributed by atoms with Gasteiger partial charge >= 0.3 is 5.97 Å². The second-order valence-electron chi connectivity index (χ2n) is 8.58. The van der Waals surface area contributed by atoms with Gasteiger partial charge in [0.2, 0.25) is 0 Å². The quantitative estimate of drug-likeness (QED) is 0.587. The summed E-state index contributed by atoms with van der Waals surface area (Å²) in [7, 11) is 1.79. The van der Waals surface area contributed by atoms with Gasteiger partial charge in [-0.1, -0.05) is 44.5 Å². The number of ether oxygens (including phenoxy) is 2. The van der Waals surface area contributed by atoms with Crippen LogP contribution in [-0.4, -0.2) is 24.7 Å². The number of carbonyl (C=O) groups excluding carboxylic acids is 1. The molecule has 0 amide bonds. The highest BCUT2D eigenvalue weighted by atomic mass is 16.5. The van der Waals surface area contributed by atoms with E-state index in [0.717, 1.165) is 23.1 Å². The number of likely N-dealkylation sites (N-methyl/N-ethyl adjacent to an activating group) is 1. The zero-order valence-corrected chi connectivity index (χ0v) is 18.1. The van der Waals surface area contributed by atoms with Crippen molar-refractivity contribution in [3.8, 4) is 11.5 Å². The van der Waals surface area contributed by atoms with Crippen molar-refractivity contribution in [1.82, 2.24) is 5.32 Å². The van der Waals surface area contributed by atoms with Crippen LogP contribution in [0.4, 0.5) is 0 Å². The van der Waals surface area contributed by atoms with Crippen molar-refractivity contribution in [1.29, 1.82) is 0 Å². The third-order valence-electron chi connectivity index (χ3n) is 4.58. The number of aliphatic hydroxyl groups is 1. The zero-order valence-electron chi connectivity index (χ0n) is 18.1. The van der Waals surface area contributed by atoms with E-state index in [-0.39, 0.29) is 18.0 Å². The third kappa shape index (κ3) is 7.87. The summed E-state index contributed by atoms with van der Waals surface area (Å²) in [5.74, 6) is 1.08. The van der Waals surface area contributed by atoms with E-state index < -0.39 is 6.10 Å². The van der Waals surface area contributed by atoms with Crippen LogP contribution < -0.4 is 10.1 Å². The molecule has 158 valence electrons. The lowest BCUT2D eigenvalue weighted by Gasteiger charge is -2.18. The summed E-state index contributed by atoms with van der Waals surface area (Å²) in [6.45, 7) is 8.85. The van der Waals surface area contributed by atoms with Gasteiger partial charge in [0.05, 0.1) is 6.10 Å². The first kappa shape index (κ1) is 22.9. The van der Waals surface area contributed by atoms with E-state index in [1.54, 1.807) is 7.05 Å². The molecule has 0 heterocycles. The summed E-state index contributed by atoms with van der Waals surface area (Å²) in [4.78, 5) is 12.2. The van der Waals surface area contributed by atoms with E-state index in [0.29, 0.717) is 24.5 Å². The number of benzene rings is 2. The Morgan fingerprint density at radius 2 is 1.83 bits per heavy atom. The van der Waals surface area contributed by atoms with Crippen LogP contribution in [0.2, 0.25) is 0 Å². The molecule has 0 bridgehead atoms. The third-order valence-corrected chi connectivity index (χ3v) is 4.58. The van der Waals surface area contributed by atoms with Crippen LogP contribution in [0.15, 0.2) is 42.5 Å². The first-order valence-electron chi connectivity index (χ1n) is 10.0. The van der Waals surface area contributed by atoms with E-state index >= 15 is 0 Å². The lowest BCUT2D eigenvalue weighted by atomic mass is 9.91. The molecule has 0 saturated carbocycles. The number of nitrogens with one attached hydrogen (secondary N) is 1. The molecule has 0 aromatic heterocycles. The molecule has 2 aromatic carbocycles. The van der Waals surface area contributed by atoms with Crippen molar-refractivity contribution >= 4 is 5.97 Å². The Morgan fingerprint density at radius 3 is 2.45 bits per heavy atom. The first-order chi connectivity index (χ1) is 13.7. The van der Waals surface area contributed by atoms with Crippen molar-refractivity contribution in [2.45, 2.75) is 53.2 Å². The molecule has 0 saturated heterocycles. The summed E-state index contributed by atoms with van der Waals surface area (Å²) in [6.07, 6.45) is 0.489. The fraction of sp³-hybridized carbons (Fsp3) is 0.458. The molecule has 29 heavy (non-hydrogen) atoms. The molecule has 2 rings (SSSR count). The van der Waals surface area contributed by atoms with Gasteiger partial charge in [-0.05, 0) is 55.6 Å². The van der Waals surface area contributed by atoms with Gasteiger partial charge in [-0.2, -0.15) is 0 Å². The highest BCUT2D eigenvalue weighted by Gasteiger charge is 2.16. The molecular formula is C24H33NO4. The molecule has 0 aliphatic rings. The van der Waals surface area contributed by atoms with Gasteiger partial charge in [0.15, 0.2) is 0 Å². The summed E-state index contributed by atoms with van der Waals surface area (Å²) in [6, 6.07) is 13.2. The Morgan fingerprint density at radius 1 is 1.14 bits per heavy atom. The average molecular weight is 400 g/mol. The summed E-state index contributed by atoms with van der Waals surface area (Å²) in [5.41, 5.74) is 2.70. The van der Waals surface area contributed by atoms with Crippen LogP contribution in [0.5, 0.6) is 11.5 Å². The topological polar surface area (TPSA) is 67.8 Å². The van der Waals surface area contributed by atoms with Gasteiger partial charge in [-0.3, -0.25) is 4.79 Å². The van der Waals surface area contributed by atoms with Gasteiger partial charge < -0.3 is 19.9 Å². The Bertz CT molecular complexity index is 794. The maximum absolute atomic E-state index is 12.2. The van der Waals surface area contributed by atoms with Crippen molar-refractivity contribution in [2.24, 2.45) is 5.41 Å². The zero-order chi connectivity index (χ0) is 21.4. The number of hydrogen-bond acceptors (Lipinski definition) is 5. The van der Waals surface area contributed by atoms with Gasteiger partial charge in [-0.25, -0.2) is 0 Å². The van der Waals surface area contributed by atoms with Gasteiger partial charge in [0, 0.05) is 18.5 Å². The largest absolute Gasteiger partial charge is 0.461 e. The SMILES string of the molecule is CNCC(O)c1ccc(Oc2ccc(C)cc2)c(COC(=O)CCC(C)(C)C)c1. The fourth-order valence-corrected chi connectivity index (χ4v) is 2.77. The van der Waals surface area contributed by atoms with Crippen LogP contribution in [0, 0.1) is 12.3 Å². The van der Waals surface area contributed by atoms with Gasteiger partial charge in [0.25, 0.3) is 0 Å². The van der Waals surface area contributed by atoms with E-state index in [1.165, 1.54) is 0 Å². The molecule has 1 atom stereocenters. The molecule has 0 aliphatic carbocycles. The minimum atomic E-state index is -0.649. The highest BCUT2D eigenvalue weighted by molar-refractivity contribution is 5.69. The number of aryl methyl sites for hydroxylation is 1. The molecule has 0 aliphatic heterocycles. The molecule has 5 nitrogen and oxygen atoms in total. The number of esters is 1. The number of hydrogen-bond donors (Lipinski definition) is 2. The predicted molar refractivity (Wildman–Crippen MR) is 115 cm³/mol.